The fourth-order valence-corrected chi connectivity index (χ4v) is 5.31. The molecule has 0 amide bonds. The molecule has 1 unspecified atom stereocenters. The Labute approximate surface area is 196 Å². The van der Waals surface area contributed by atoms with E-state index >= 15 is 0 Å². The van der Waals surface area contributed by atoms with E-state index < -0.39 is 11.9 Å². The van der Waals surface area contributed by atoms with E-state index in [-0.39, 0.29) is 12.2 Å². The van der Waals surface area contributed by atoms with Gasteiger partial charge in [-0.05, 0) is 62.1 Å². The minimum absolute atomic E-state index is 0.0625. The fourth-order valence-electron chi connectivity index (χ4n) is 5.31. The number of benzene rings is 2. The normalized spacial score (nSPS) is 14.2. The number of hydrogen-bond acceptors (Lipinski definition) is 2. The van der Waals surface area contributed by atoms with E-state index in [0.717, 1.165) is 50.5 Å². The smallest absolute Gasteiger partial charge is 0.306 e. The number of Topliss-reactive ketones (excluding diaryl/α,β-unsaturated/α-hetero) is 1. The van der Waals surface area contributed by atoms with Gasteiger partial charge in [-0.3, -0.25) is 9.59 Å². The molecule has 174 valence electrons. The SMILES string of the molecule is Cn1c2c(c3ccc(C(=O)CC(CCCCCCc4ccccc4)C(=O)O)cc31)CCCC2. The first-order chi connectivity index (χ1) is 16.0. The van der Waals surface area contributed by atoms with Gasteiger partial charge in [-0.1, -0.05) is 61.7 Å². The van der Waals surface area contributed by atoms with Crippen LogP contribution in [0.4, 0.5) is 0 Å². The molecule has 1 aliphatic carbocycles. The number of aromatic nitrogens is 1. The summed E-state index contributed by atoms with van der Waals surface area (Å²) in [5, 5.41) is 10.9. The fraction of sp³-hybridized carbons (Fsp3) is 0.448. The number of aryl methyl sites for hydroxylation is 3. The first-order valence-corrected chi connectivity index (χ1v) is 12.4. The number of carbonyl (C=O) groups is 2. The van der Waals surface area contributed by atoms with Gasteiger partial charge in [0.1, 0.15) is 0 Å². The molecular weight excluding hydrogens is 410 g/mol. The third kappa shape index (κ3) is 5.55. The Morgan fingerprint density at radius 2 is 1.73 bits per heavy atom. The second-order valence-corrected chi connectivity index (χ2v) is 9.52. The van der Waals surface area contributed by atoms with Crippen LogP contribution in [-0.2, 0) is 31.1 Å². The van der Waals surface area contributed by atoms with Crippen molar-refractivity contribution in [2.24, 2.45) is 13.0 Å². The van der Waals surface area contributed by atoms with Gasteiger partial charge in [0.25, 0.3) is 0 Å². The summed E-state index contributed by atoms with van der Waals surface area (Å²) in [5.41, 5.74) is 5.89. The van der Waals surface area contributed by atoms with Crippen molar-refractivity contribution in [1.82, 2.24) is 4.57 Å². The highest BCUT2D eigenvalue weighted by Gasteiger charge is 2.23. The summed E-state index contributed by atoms with van der Waals surface area (Å²) in [6.07, 6.45) is 10.4. The third-order valence-electron chi connectivity index (χ3n) is 7.24. The minimum Gasteiger partial charge on any atom is -0.481 e. The molecule has 0 saturated heterocycles. The largest absolute Gasteiger partial charge is 0.481 e. The number of nitrogens with zero attached hydrogens (tertiary/aromatic N) is 1. The lowest BCUT2D eigenvalue weighted by Gasteiger charge is -2.12. The van der Waals surface area contributed by atoms with Crippen molar-refractivity contribution in [2.75, 3.05) is 0 Å². The van der Waals surface area contributed by atoms with E-state index in [0.29, 0.717) is 12.0 Å². The maximum absolute atomic E-state index is 13.0. The Morgan fingerprint density at radius 3 is 2.52 bits per heavy atom. The van der Waals surface area contributed by atoms with E-state index in [1.54, 1.807) is 0 Å². The molecule has 0 saturated carbocycles. The van der Waals surface area contributed by atoms with E-state index in [2.05, 4.69) is 41.9 Å². The van der Waals surface area contributed by atoms with Crippen molar-refractivity contribution < 1.29 is 14.7 Å². The van der Waals surface area contributed by atoms with Crippen LogP contribution in [-0.4, -0.2) is 21.4 Å². The second kappa shape index (κ2) is 10.8. The highest BCUT2D eigenvalue weighted by molar-refractivity contribution is 6.01. The Morgan fingerprint density at radius 1 is 0.970 bits per heavy atom. The molecule has 4 rings (SSSR count). The van der Waals surface area contributed by atoms with Crippen LogP contribution in [0.15, 0.2) is 48.5 Å². The van der Waals surface area contributed by atoms with Gasteiger partial charge in [-0.2, -0.15) is 0 Å². The van der Waals surface area contributed by atoms with Crippen molar-refractivity contribution in [2.45, 2.75) is 70.6 Å². The summed E-state index contributed by atoms with van der Waals surface area (Å²) < 4.78 is 2.23. The third-order valence-corrected chi connectivity index (χ3v) is 7.24. The van der Waals surface area contributed by atoms with Crippen LogP contribution in [0.25, 0.3) is 10.9 Å². The number of aliphatic carboxylic acids is 1. The molecule has 33 heavy (non-hydrogen) atoms. The van der Waals surface area contributed by atoms with Crippen LogP contribution in [0.3, 0.4) is 0 Å². The Hall–Kier alpha value is -2.88. The number of rotatable bonds is 11. The van der Waals surface area contributed by atoms with Gasteiger partial charge in [-0.25, -0.2) is 0 Å². The van der Waals surface area contributed by atoms with Crippen LogP contribution >= 0.6 is 0 Å². The highest BCUT2D eigenvalue weighted by atomic mass is 16.4. The summed E-state index contributed by atoms with van der Waals surface area (Å²) in [4.78, 5) is 24.8. The van der Waals surface area contributed by atoms with Gasteiger partial charge in [0.15, 0.2) is 5.78 Å². The number of fused-ring (bicyclic) bond motifs is 3. The zero-order chi connectivity index (χ0) is 23.2. The lowest BCUT2D eigenvalue weighted by molar-refractivity contribution is -0.141. The maximum Gasteiger partial charge on any atom is 0.306 e. The van der Waals surface area contributed by atoms with Gasteiger partial charge in [0.05, 0.1) is 5.92 Å². The summed E-state index contributed by atoms with van der Waals surface area (Å²) in [7, 11) is 2.08. The lowest BCUT2D eigenvalue weighted by atomic mass is 9.92. The molecule has 1 heterocycles. The maximum atomic E-state index is 13.0. The predicted octanol–water partition coefficient (Wildman–Crippen LogP) is 6.52. The van der Waals surface area contributed by atoms with Crippen molar-refractivity contribution in [1.29, 1.82) is 0 Å². The van der Waals surface area contributed by atoms with E-state index in [1.165, 1.54) is 35.0 Å². The minimum atomic E-state index is -0.858. The molecule has 4 nitrogen and oxygen atoms in total. The van der Waals surface area contributed by atoms with Crippen LogP contribution in [0.5, 0.6) is 0 Å². The molecule has 4 heteroatoms. The van der Waals surface area contributed by atoms with E-state index in [1.807, 2.05) is 18.2 Å². The molecule has 2 aromatic carbocycles. The Bertz CT molecular complexity index is 1110. The Balaban J connectivity index is 1.31. The molecule has 0 bridgehead atoms. The summed E-state index contributed by atoms with van der Waals surface area (Å²) in [5.74, 6) is -1.53. The lowest BCUT2D eigenvalue weighted by Crippen LogP contribution is -2.18. The molecule has 1 aliphatic rings. The average Bonchev–Trinajstić information content (AvgIpc) is 3.12. The molecular formula is C29H35NO3. The van der Waals surface area contributed by atoms with Crippen molar-refractivity contribution in [3.63, 3.8) is 0 Å². The highest BCUT2D eigenvalue weighted by Crippen LogP contribution is 2.32. The first kappa shape index (κ1) is 23.3. The van der Waals surface area contributed by atoms with Gasteiger partial charge in [0, 0.05) is 35.6 Å². The topological polar surface area (TPSA) is 59.3 Å². The molecule has 0 radical (unpaired) electrons. The van der Waals surface area contributed by atoms with E-state index in [9.17, 15) is 14.7 Å². The monoisotopic (exact) mass is 445 g/mol. The van der Waals surface area contributed by atoms with E-state index in [4.69, 9.17) is 0 Å². The molecule has 1 aromatic heterocycles. The quantitative estimate of drug-likeness (QED) is 0.270. The standard InChI is InChI=1S/C29H35NO3/c1-30-26-16-10-9-15-24(26)25-18-17-22(19-27(25)30)28(31)20-23(29(32)33)14-8-3-2-5-11-21-12-6-4-7-13-21/h4,6-7,12-13,17-19,23H,2-3,5,8-11,14-16,20H2,1H3,(H,32,33). The van der Waals surface area contributed by atoms with Crippen molar-refractivity contribution in [3.8, 4) is 0 Å². The summed E-state index contributed by atoms with van der Waals surface area (Å²) >= 11 is 0. The van der Waals surface area contributed by atoms with Gasteiger partial charge in [-0.15, -0.1) is 0 Å². The zero-order valence-electron chi connectivity index (χ0n) is 19.7. The predicted molar refractivity (Wildman–Crippen MR) is 133 cm³/mol. The first-order valence-electron chi connectivity index (χ1n) is 12.4. The van der Waals surface area contributed by atoms with Crippen LogP contribution in [0, 0.1) is 5.92 Å². The van der Waals surface area contributed by atoms with Crippen LogP contribution in [0.2, 0.25) is 0 Å². The Kier molecular flexibility index (Phi) is 7.64. The number of carboxylic acids is 1. The van der Waals surface area contributed by atoms with Crippen LogP contribution in [0.1, 0.15) is 78.5 Å². The van der Waals surface area contributed by atoms with Crippen molar-refractivity contribution in [3.05, 3.63) is 70.9 Å². The number of unbranched alkanes of at least 4 members (excludes halogenated alkanes) is 3. The number of carbonyl (C=O) groups excluding carboxylic acids is 1. The second-order valence-electron chi connectivity index (χ2n) is 9.52. The molecule has 3 aromatic rings. The van der Waals surface area contributed by atoms with Gasteiger partial charge >= 0.3 is 5.97 Å². The zero-order valence-corrected chi connectivity index (χ0v) is 19.7. The molecule has 0 aliphatic heterocycles. The molecule has 1 N–H and O–H groups in total. The molecule has 0 fully saturated rings. The summed E-state index contributed by atoms with van der Waals surface area (Å²) in [6.45, 7) is 0. The van der Waals surface area contributed by atoms with Gasteiger partial charge in [0.2, 0.25) is 0 Å². The van der Waals surface area contributed by atoms with Crippen LogP contribution < -0.4 is 0 Å². The number of ketones is 1. The molecule has 0 spiro atoms. The number of hydrogen-bond donors (Lipinski definition) is 1. The average molecular weight is 446 g/mol. The number of carboxylic acid groups (broad SMARTS) is 1. The summed E-state index contributed by atoms with van der Waals surface area (Å²) in [6, 6.07) is 16.4. The van der Waals surface area contributed by atoms with Crippen molar-refractivity contribution >= 4 is 22.7 Å². The van der Waals surface area contributed by atoms with Gasteiger partial charge < -0.3 is 9.67 Å². The molecule has 1 atom stereocenters.